The zero-order chi connectivity index (χ0) is 19.9. The van der Waals surface area contributed by atoms with Gasteiger partial charge in [0.15, 0.2) is 5.69 Å². The minimum absolute atomic E-state index is 0.0380. The molecule has 0 spiro atoms. The second-order valence-corrected chi connectivity index (χ2v) is 8.31. The number of nitrogens with zero attached hydrogens (tertiary/aromatic N) is 5. The Kier molecular flexibility index (Phi) is 6.87. The van der Waals surface area contributed by atoms with Crippen molar-refractivity contribution < 1.29 is 9.53 Å². The summed E-state index contributed by atoms with van der Waals surface area (Å²) in [4.78, 5) is 19.0. The smallest absolute Gasteiger partial charge is 0.276 e. The number of aryl methyl sites for hydroxylation is 1. The number of piperidine rings is 1. The molecule has 0 aromatic carbocycles. The van der Waals surface area contributed by atoms with E-state index in [9.17, 15) is 4.79 Å². The summed E-state index contributed by atoms with van der Waals surface area (Å²) in [5.41, 5.74) is 1.36. The molecule has 2 aliphatic rings. The van der Waals surface area contributed by atoms with Crippen LogP contribution in [0.25, 0.3) is 0 Å². The third-order valence-corrected chi connectivity index (χ3v) is 6.11. The zero-order valence-corrected chi connectivity index (χ0v) is 17.1. The second kappa shape index (κ2) is 9.96. The predicted octanol–water partition coefficient (Wildman–Crippen LogP) is 3.46. The third kappa shape index (κ3) is 5.63. The van der Waals surface area contributed by atoms with Crippen molar-refractivity contribution >= 4 is 5.91 Å². The van der Waals surface area contributed by atoms with Crippen LogP contribution < -0.4 is 0 Å². The van der Waals surface area contributed by atoms with Crippen molar-refractivity contribution in [1.29, 1.82) is 0 Å². The highest BCUT2D eigenvalue weighted by Gasteiger charge is 2.27. The molecule has 1 atom stereocenters. The molecule has 2 aromatic rings. The molecular weight excluding hydrogens is 366 g/mol. The molecule has 29 heavy (non-hydrogen) atoms. The summed E-state index contributed by atoms with van der Waals surface area (Å²) in [5, 5.41) is 8.34. The number of ether oxygens (including phenoxy) is 1. The van der Waals surface area contributed by atoms with Crippen molar-refractivity contribution in [2.45, 2.75) is 70.6 Å². The van der Waals surface area contributed by atoms with Crippen LogP contribution in [0.3, 0.4) is 0 Å². The molecule has 7 nitrogen and oxygen atoms in total. The quantitative estimate of drug-likeness (QED) is 0.715. The number of hydrogen-bond acceptors (Lipinski definition) is 5. The number of pyridine rings is 1. The molecule has 0 unspecified atom stereocenters. The van der Waals surface area contributed by atoms with Crippen LogP contribution in [0.15, 0.2) is 30.6 Å². The van der Waals surface area contributed by atoms with Crippen molar-refractivity contribution in [2.75, 3.05) is 13.1 Å². The predicted molar refractivity (Wildman–Crippen MR) is 109 cm³/mol. The lowest BCUT2D eigenvalue weighted by molar-refractivity contribution is -0.00801. The summed E-state index contributed by atoms with van der Waals surface area (Å²) in [6.45, 7) is 2.67. The van der Waals surface area contributed by atoms with Gasteiger partial charge in [-0.25, -0.2) is 0 Å². The van der Waals surface area contributed by atoms with E-state index in [-0.39, 0.29) is 12.0 Å². The summed E-state index contributed by atoms with van der Waals surface area (Å²) < 4.78 is 7.83. The van der Waals surface area contributed by atoms with Crippen molar-refractivity contribution in [2.24, 2.45) is 5.92 Å². The van der Waals surface area contributed by atoms with Crippen LogP contribution in [0.4, 0.5) is 0 Å². The Hall–Kier alpha value is -2.28. The summed E-state index contributed by atoms with van der Waals surface area (Å²) in [6, 6.07) is 5.81. The molecule has 1 amide bonds. The Balaban J connectivity index is 1.26. The van der Waals surface area contributed by atoms with Crippen LogP contribution in [0.1, 0.15) is 67.5 Å². The van der Waals surface area contributed by atoms with Gasteiger partial charge in [0.05, 0.1) is 24.6 Å². The van der Waals surface area contributed by atoms with E-state index in [1.54, 1.807) is 6.20 Å². The highest BCUT2D eigenvalue weighted by atomic mass is 16.5. The van der Waals surface area contributed by atoms with Crippen LogP contribution in [-0.4, -0.2) is 50.0 Å². The summed E-state index contributed by atoms with van der Waals surface area (Å²) in [7, 11) is 0. The maximum Gasteiger partial charge on any atom is 0.276 e. The minimum Gasteiger partial charge on any atom is -0.370 e. The van der Waals surface area contributed by atoms with Gasteiger partial charge in [0.1, 0.15) is 0 Å². The van der Waals surface area contributed by atoms with Crippen LogP contribution in [-0.2, 0) is 17.9 Å². The Bertz CT molecular complexity index is 773. The van der Waals surface area contributed by atoms with Gasteiger partial charge in [-0.2, -0.15) is 0 Å². The van der Waals surface area contributed by atoms with Crippen molar-refractivity contribution in [1.82, 2.24) is 24.9 Å². The largest absolute Gasteiger partial charge is 0.370 e. The van der Waals surface area contributed by atoms with E-state index >= 15 is 0 Å². The standard InChI is InChI=1S/C22H31N5O2/c28-22(21-16-27(25-24-21)14-11-18-7-2-1-3-8-18)26-13-6-10-20(15-26)29-17-19-9-4-5-12-23-19/h4-5,9,12,16,18,20H,1-3,6-8,10-11,13-15,17H2/t20-/m1/s1. The van der Waals surface area contributed by atoms with E-state index in [1.807, 2.05) is 34.0 Å². The molecular formula is C22H31N5O2. The van der Waals surface area contributed by atoms with Gasteiger partial charge in [-0.3, -0.25) is 14.5 Å². The number of amides is 1. The Morgan fingerprint density at radius 3 is 2.86 bits per heavy atom. The summed E-state index contributed by atoms with van der Waals surface area (Å²) in [6.07, 6.45) is 13.4. The third-order valence-electron chi connectivity index (χ3n) is 6.11. The van der Waals surface area contributed by atoms with E-state index < -0.39 is 0 Å². The number of aromatic nitrogens is 4. The number of likely N-dealkylation sites (tertiary alicyclic amines) is 1. The van der Waals surface area contributed by atoms with Crippen LogP contribution in [0.2, 0.25) is 0 Å². The van der Waals surface area contributed by atoms with Crippen molar-refractivity contribution in [3.05, 3.63) is 42.0 Å². The maximum atomic E-state index is 12.9. The lowest BCUT2D eigenvalue weighted by Crippen LogP contribution is -2.43. The normalized spacial score (nSPS) is 20.7. The highest BCUT2D eigenvalue weighted by molar-refractivity contribution is 5.92. The van der Waals surface area contributed by atoms with Crippen molar-refractivity contribution in [3.8, 4) is 0 Å². The SMILES string of the molecule is O=C(c1cn(CCC2CCCCC2)nn1)N1CCC[C@@H](OCc2ccccn2)C1. The van der Waals surface area contributed by atoms with Crippen molar-refractivity contribution in [3.63, 3.8) is 0 Å². The minimum atomic E-state index is -0.0416. The molecule has 3 heterocycles. The Labute approximate surface area is 172 Å². The maximum absolute atomic E-state index is 12.9. The van der Waals surface area contributed by atoms with E-state index in [4.69, 9.17) is 4.74 Å². The molecule has 7 heteroatoms. The van der Waals surface area contributed by atoms with Gasteiger partial charge < -0.3 is 9.64 Å². The number of carbonyl (C=O) groups is 1. The first kappa shape index (κ1) is 20.0. The van der Waals surface area contributed by atoms with E-state index in [1.165, 1.54) is 32.1 Å². The monoisotopic (exact) mass is 397 g/mol. The number of rotatable bonds is 7. The molecule has 1 saturated carbocycles. The van der Waals surface area contributed by atoms with Crippen LogP contribution in [0, 0.1) is 5.92 Å². The van der Waals surface area contributed by atoms with E-state index in [0.717, 1.165) is 44.0 Å². The molecule has 2 fully saturated rings. The molecule has 0 N–H and O–H groups in total. The summed E-state index contributed by atoms with van der Waals surface area (Å²) >= 11 is 0. The fourth-order valence-corrected chi connectivity index (χ4v) is 4.40. The molecule has 1 saturated heterocycles. The van der Waals surface area contributed by atoms with Gasteiger partial charge in [0.25, 0.3) is 5.91 Å². The van der Waals surface area contributed by atoms with Gasteiger partial charge in [0.2, 0.25) is 0 Å². The fraction of sp³-hybridized carbons (Fsp3) is 0.636. The highest BCUT2D eigenvalue weighted by Crippen LogP contribution is 2.26. The average molecular weight is 398 g/mol. The molecule has 0 bridgehead atoms. The lowest BCUT2D eigenvalue weighted by Gasteiger charge is -2.32. The topological polar surface area (TPSA) is 73.1 Å². The lowest BCUT2D eigenvalue weighted by atomic mass is 9.87. The molecule has 4 rings (SSSR count). The molecule has 1 aliphatic carbocycles. The fourth-order valence-electron chi connectivity index (χ4n) is 4.40. The van der Waals surface area contributed by atoms with Gasteiger partial charge in [0, 0.05) is 25.8 Å². The summed E-state index contributed by atoms with van der Waals surface area (Å²) in [5.74, 6) is 0.756. The van der Waals surface area contributed by atoms with Crippen LogP contribution >= 0.6 is 0 Å². The second-order valence-electron chi connectivity index (χ2n) is 8.31. The first-order chi connectivity index (χ1) is 14.3. The van der Waals surface area contributed by atoms with Crippen LogP contribution in [0.5, 0.6) is 0 Å². The van der Waals surface area contributed by atoms with Gasteiger partial charge in [-0.05, 0) is 37.3 Å². The van der Waals surface area contributed by atoms with Gasteiger partial charge in [-0.1, -0.05) is 43.4 Å². The molecule has 2 aromatic heterocycles. The van der Waals surface area contributed by atoms with E-state index in [2.05, 4.69) is 15.3 Å². The first-order valence-electron chi connectivity index (χ1n) is 11.0. The number of carbonyl (C=O) groups excluding carboxylic acids is 1. The molecule has 156 valence electrons. The Morgan fingerprint density at radius 1 is 1.14 bits per heavy atom. The first-order valence-corrected chi connectivity index (χ1v) is 11.0. The molecule has 1 aliphatic heterocycles. The molecule has 0 radical (unpaired) electrons. The van der Waals surface area contributed by atoms with Gasteiger partial charge >= 0.3 is 0 Å². The van der Waals surface area contributed by atoms with E-state index in [0.29, 0.717) is 18.8 Å². The zero-order valence-electron chi connectivity index (χ0n) is 17.1. The average Bonchev–Trinajstić information content (AvgIpc) is 3.26. The number of hydrogen-bond donors (Lipinski definition) is 0. The Morgan fingerprint density at radius 2 is 2.03 bits per heavy atom. The van der Waals surface area contributed by atoms with Gasteiger partial charge in [-0.15, -0.1) is 5.10 Å².